The summed E-state index contributed by atoms with van der Waals surface area (Å²) in [6.45, 7) is 3.90. The van der Waals surface area contributed by atoms with Crippen molar-refractivity contribution in [1.29, 1.82) is 0 Å². The molecule has 0 unspecified atom stereocenters. The Balaban J connectivity index is 1.52. The van der Waals surface area contributed by atoms with Gasteiger partial charge in [-0.1, -0.05) is 6.58 Å². The number of hydrogen-bond acceptors (Lipinski definition) is 9. The van der Waals surface area contributed by atoms with E-state index in [1.165, 1.54) is 12.1 Å². The molecule has 36 heavy (non-hydrogen) atoms. The number of ether oxygens (including phenoxy) is 3. The number of carbonyl (C=O) groups is 2. The monoisotopic (exact) mass is 489 g/mol. The molecule has 186 valence electrons. The zero-order valence-electron chi connectivity index (χ0n) is 20.1. The number of aromatic hydroxyl groups is 1. The normalized spacial score (nSPS) is 10.6. The molecule has 0 saturated carbocycles. The lowest BCUT2D eigenvalue weighted by atomic mass is 10.2. The molecule has 0 spiro atoms. The molecule has 0 fully saturated rings. The number of rotatable bonds is 11. The fourth-order valence-electron chi connectivity index (χ4n) is 2.93. The molecule has 3 rings (SSSR count). The van der Waals surface area contributed by atoms with E-state index in [-0.39, 0.29) is 23.7 Å². The van der Waals surface area contributed by atoms with Gasteiger partial charge in [0.15, 0.2) is 0 Å². The van der Waals surface area contributed by atoms with Gasteiger partial charge in [0, 0.05) is 38.3 Å². The highest BCUT2D eigenvalue weighted by Gasteiger charge is 2.14. The predicted octanol–water partition coefficient (Wildman–Crippen LogP) is 5.59. The first-order chi connectivity index (χ1) is 17.4. The lowest BCUT2D eigenvalue weighted by Gasteiger charge is -2.11. The highest BCUT2D eigenvalue weighted by molar-refractivity contribution is 5.94. The molecule has 3 aromatic carbocycles. The maximum absolute atomic E-state index is 12.5. The van der Waals surface area contributed by atoms with E-state index in [9.17, 15) is 14.7 Å². The maximum atomic E-state index is 12.5. The van der Waals surface area contributed by atoms with E-state index >= 15 is 0 Å². The van der Waals surface area contributed by atoms with E-state index < -0.39 is 11.9 Å². The first kappa shape index (κ1) is 26.0. The summed E-state index contributed by atoms with van der Waals surface area (Å²) in [6.07, 6.45) is 1.63. The van der Waals surface area contributed by atoms with Gasteiger partial charge in [-0.2, -0.15) is 10.2 Å². The van der Waals surface area contributed by atoms with Crippen molar-refractivity contribution in [1.82, 2.24) is 0 Å². The molecule has 3 aromatic rings. The van der Waals surface area contributed by atoms with E-state index in [2.05, 4.69) is 16.8 Å². The van der Waals surface area contributed by atoms with Gasteiger partial charge in [-0.25, -0.2) is 9.59 Å². The van der Waals surface area contributed by atoms with E-state index in [1.54, 1.807) is 30.3 Å². The summed E-state index contributed by atoms with van der Waals surface area (Å²) in [6, 6.07) is 18.3. The number of hydrogen-bond donors (Lipinski definition) is 1. The Hall–Kier alpha value is -4.66. The number of carbonyl (C=O) groups excluding carboxylic acids is 2. The van der Waals surface area contributed by atoms with E-state index in [0.717, 1.165) is 11.8 Å². The van der Waals surface area contributed by atoms with Crippen LogP contribution in [0.15, 0.2) is 89.6 Å². The van der Waals surface area contributed by atoms with Crippen LogP contribution < -0.4 is 14.4 Å². The SMILES string of the molecule is C=CC(=O)OCCCOc1ccc(OC(=O)c2ccc(N=Nc3ccc(N(C)C)cc3)cc2O)cc1. The molecule has 0 aromatic heterocycles. The molecule has 0 saturated heterocycles. The molecule has 0 bridgehead atoms. The molecule has 0 atom stereocenters. The number of phenolic OH excluding ortho intramolecular Hbond substituents is 1. The molecule has 0 aliphatic carbocycles. The second-order valence-corrected chi connectivity index (χ2v) is 7.75. The highest BCUT2D eigenvalue weighted by Crippen LogP contribution is 2.28. The van der Waals surface area contributed by atoms with Crippen LogP contribution in [-0.4, -0.2) is 44.4 Å². The Bertz CT molecular complexity index is 1220. The second kappa shape index (κ2) is 12.7. The third-order valence-corrected chi connectivity index (χ3v) is 4.85. The van der Waals surface area contributed by atoms with Gasteiger partial charge in [-0.3, -0.25) is 0 Å². The van der Waals surface area contributed by atoms with Crippen molar-refractivity contribution in [2.24, 2.45) is 10.2 Å². The van der Waals surface area contributed by atoms with Crippen molar-refractivity contribution >= 4 is 29.0 Å². The average molecular weight is 490 g/mol. The largest absolute Gasteiger partial charge is 0.507 e. The number of phenols is 1. The molecular formula is C27H27N3O6. The van der Waals surface area contributed by atoms with Crippen molar-refractivity contribution in [2.75, 3.05) is 32.2 Å². The molecule has 0 radical (unpaired) electrons. The number of esters is 2. The van der Waals surface area contributed by atoms with E-state index in [1.807, 2.05) is 43.3 Å². The number of azo groups is 1. The van der Waals surface area contributed by atoms with Crippen LogP contribution in [0.5, 0.6) is 17.2 Å². The minimum atomic E-state index is -0.715. The van der Waals surface area contributed by atoms with Crippen LogP contribution in [0.4, 0.5) is 17.1 Å². The van der Waals surface area contributed by atoms with Gasteiger partial charge < -0.3 is 24.2 Å². The maximum Gasteiger partial charge on any atom is 0.347 e. The van der Waals surface area contributed by atoms with Gasteiger partial charge >= 0.3 is 11.9 Å². The third-order valence-electron chi connectivity index (χ3n) is 4.85. The summed E-state index contributed by atoms with van der Waals surface area (Å²) >= 11 is 0. The van der Waals surface area contributed by atoms with Crippen molar-refractivity contribution in [2.45, 2.75) is 6.42 Å². The minimum Gasteiger partial charge on any atom is -0.507 e. The molecule has 0 heterocycles. The standard InChI is InChI=1S/C27H27N3O6/c1-4-26(32)35-17-5-16-34-22-11-13-23(14-12-22)36-27(33)24-15-8-20(18-25(24)31)29-28-19-6-9-21(10-7-19)30(2)3/h4,6-15,18,31H,1,5,16-17H2,2-3H3. The van der Waals surface area contributed by atoms with Crippen molar-refractivity contribution in [3.05, 3.63) is 84.9 Å². The fraction of sp³-hybridized carbons (Fsp3) is 0.185. The quantitative estimate of drug-likeness (QED) is 0.123. The first-order valence-corrected chi connectivity index (χ1v) is 11.1. The fourth-order valence-corrected chi connectivity index (χ4v) is 2.93. The molecule has 1 N–H and O–H groups in total. The second-order valence-electron chi connectivity index (χ2n) is 7.75. The Morgan fingerprint density at radius 3 is 2.19 bits per heavy atom. The Kier molecular flexibility index (Phi) is 9.16. The van der Waals surface area contributed by atoms with Crippen LogP contribution in [0.1, 0.15) is 16.8 Å². The van der Waals surface area contributed by atoms with Crippen molar-refractivity contribution in [3.8, 4) is 17.2 Å². The highest BCUT2D eigenvalue weighted by atomic mass is 16.5. The zero-order valence-corrected chi connectivity index (χ0v) is 20.1. The van der Waals surface area contributed by atoms with Gasteiger partial charge in [-0.05, 0) is 60.7 Å². The molecule has 0 aliphatic heterocycles. The summed E-state index contributed by atoms with van der Waals surface area (Å²) in [5.41, 5.74) is 2.09. The van der Waals surface area contributed by atoms with Crippen LogP contribution in [0.2, 0.25) is 0 Å². The summed E-state index contributed by atoms with van der Waals surface area (Å²) in [4.78, 5) is 25.5. The molecule has 9 heteroatoms. The van der Waals surface area contributed by atoms with Crippen LogP contribution in [0, 0.1) is 0 Å². The topological polar surface area (TPSA) is 110 Å². The first-order valence-electron chi connectivity index (χ1n) is 11.1. The lowest BCUT2D eigenvalue weighted by Crippen LogP contribution is -2.09. The lowest BCUT2D eigenvalue weighted by molar-refractivity contribution is -0.137. The summed E-state index contributed by atoms with van der Waals surface area (Å²) in [5.74, 6) is -0.600. The van der Waals surface area contributed by atoms with Gasteiger partial charge in [0.1, 0.15) is 22.8 Å². The molecule has 0 amide bonds. The minimum absolute atomic E-state index is 0.00122. The molecule has 0 aliphatic rings. The van der Waals surface area contributed by atoms with Gasteiger partial charge in [0.2, 0.25) is 0 Å². The van der Waals surface area contributed by atoms with Crippen LogP contribution >= 0.6 is 0 Å². The Morgan fingerprint density at radius 2 is 1.56 bits per heavy atom. The average Bonchev–Trinajstić information content (AvgIpc) is 2.88. The van der Waals surface area contributed by atoms with Crippen molar-refractivity contribution in [3.63, 3.8) is 0 Å². The van der Waals surface area contributed by atoms with Crippen LogP contribution in [0.3, 0.4) is 0 Å². The number of benzene rings is 3. The van der Waals surface area contributed by atoms with E-state index in [4.69, 9.17) is 14.2 Å². The predicted molar refractivity (Wildman–Crippen MR) is 136 cm³/mol. The summed E-state index contributed by atoms with van der Waals surface area (Å²) in [7, 11) is 3.90. The Labute approximate surface area is 209 Å². The third kappa shape index (κ3) is 7.69. The summed E-state index contributed by atoms with van der Waals surface area (Å²) < 4.78 is 15.8. The van der Waals surface area contributed by atoms with Crippen LogP contribution in [0.25, 0.3) is 0 Å². The van der Waals surface area contributed by atoms with Crippen LogP contribution in [-0.2, 0) is 9.53 Å². The number of anilines is 1. The Morgan fingerprint density at radius 1 is 0.917 bits per heavy atom. The van der Waals surface area contributed by atoms with Crippen molar-refractivity contribution < 1.29 is 28.9 Å². The van der Waals surface area contributed by atoms with Gasteiger partial charge in [0.25, 0.3) is 0 Å². The molecule has 9 nitrogen and oxygen atoms in total. The van der Waals surface area contributed by atoms with Gasteiger partial charge in [0.05, 0.1) is 24.6 Å². The summed E-state index contributed by atoms with van der Waals surface area (Å²) in [5, 5.41) is 18.6. The smallest absolute Gasteiger partial charge is 0.347 e. The zero-order chi connectivity index (χ0) is 25.9. The van der Waals surface area contributed by atoms with E-state index in [0.29, 0.717) is 30.2 Å². The molecular weight excluding hydrogens is 462 g/mol. The number of nitrogens with zero attached hydrogens (tertiary/aromatic N) is 3. The van der Waals surface area contributed by atoms with Gasteiger partial charge in [-0.15, -0.1) is 0 Å².